The number of hydrogen-bond donors (Lipinski definition) is 1. The van der Waals surface area contributed by atoms with Crippen LogP contribution in [-0.4, -0.2) is 72.2 Å². The zero-order valence-electron chi connectivity index (χ0n) is 13.5. The Hall–Kier alpha value is -1.34. The third-order valence-corrected chi connectivity index (χ3v) is 6.25. The Morgan fingerprint density at radius 2 is 2.00 bits per heavy atom. The third-order valence-electron chi connectivity index (χ3n) is 5.42. The molecule has 4 heterocycles. The van der Waals surface area contributed by atoms with Gasteiger partial charge in [0.15, 0.2) is 5.13 Å². The fourth-order valence-corrected chi connectivity index (χ4v) is 4.84. The average molecular weight is 335 g/mol. The number of aromatic nitrogens is 1. The summed E-state index contributed by atoms with van der Waals surface area (Å²) in [6.07, 6.45) is 6.81. The van der Waals surface area contributed by atoms with Gasteiger partial charge in [0.2, 0.25) is 0 Å². The van der Waals surface area contributed by atoms with Crippen molar-refractivity contribution >= 4 is 22.5 Å². The number of carbonyl (C=O) groups excluding carboxylic acids is 1. The monoisotopic (exact) mass is 335 g/mol. The molecule has 3 fully saturated rings. The van der Waals surface area contributed by atoms with Crippen molar-refractivity contribution in [3.63, 3.8) is 0 Å². The van der Waals surface area contributed by atoms with Crippen LogP contribution in [0.1, 0.15) is 25.7 Å². The van der Waals surface area contributed by atoms with Crippen LogP contribution in [0.4, 0.5) is 9.93 Å². The Bertz CT molecular complexity index is 529. The molecule has 0 aromatic carbocycles. The van der Waals surface area contributed by atoms with Crippen LogP contribution in [0.3, 0.4) is 0 Å². The van der Waals surface area contributed by atoms with E-state index in [0.717, 1.165) is 44.3 Å². The van der Waals surface area contributed by atoms with Crippen molar-refractivity contribution in [3.05, 3.63) is 11.6 Å². The maximum Gasteiger partial charge on any atom is 0.317 e. The van der Waals surface area contributed by atoms with Crippen LogP contribution in [0.2, 0.25) is 0 Å². The fourth-order valence-electron chi connectivity index (χ4n) is 4.14. The van der Waals surface area contributed by atoms with E-state index in [-0.39, 0.29) is 6.03 Å². The van der Waals surface area contributed by atoms with E-state index in [0.29, 0.717) is 12.1 Å². The lowest BCUT2D eigenvalue weighted by molar-refractivity contribution is 0.166. The number of anilines is 1. The number of piperidine rings is 1. The highest BCUT2D eigenvalue weighted by Gasteiger charge is 2.37. The first-order valence-corrected chi connectivity index (χ1v) is 9.63. The highest BCUT2D eigenvalue weighted by molar-refractivity contribution is 7.13. The summed E-state index contributed by atoms with van der Waals surface area (Å²) in [5.41, 5.74) is 0. The molecule has 0 radical (unpaired) electrons. The summed E-state index contributed by atoms with van der Waals surface area (Å²) in [6, 6.07) is 1.05. The van der Waals surface area contributed by atoms with Gasteiger partial charge in [0.1, 0.15) is 0 Å². The van der Waals surface area contributed by atoms with Crippen molar-refractivity contribution in [1.29, 1.82) is 0 Å². The number of amides is 2. The molecule has 3 aliphatic rings. The highest BCUT2D eigenvalue weighted by Crippen LogP contribution is 2.27. The zero-order chi connectivity index (χ0) is 15.6. The molecule has 2 atom stereocenters. The van der Waals surface area contributed by atoms with Crippen molar-refractivity contribution in [1.82, 2.24) is 20.1 Å². The normalized spacial score (nSPS) is 28.7. The van der Waals surface area contributed by atoms with Gasteiger partial charge >= 0.3 is 6.03 Å². The summed E-state index contributed by atoms with van der Waals surface area (Å²) < 4.78 is 0. The molecular weight excluding hydrogens is 310 g/mol. The van der Waals surface area contributed by atoms with Crippen LogP contribution in [-0.2, 0) is 0 Å². The molecule has 1 aromatic rings. The van der Waals surface area contributed by atoms with Gasteiger partial charge in [-0.1, -0.05) is 6.42 Å². The minimum absolute atomic E-state index is 0.126. The number of rotatable bonds is 2. The van der Waals surface area contributed by atoms with Gasteiger partial charge in [0.05, 0.1) is 0 Å². The second kappa shape index (κ2) is 6.65. The number of piperazine rings is 1. The SMILES string of the molecule is O=C(N[C@@H]1CCN2CCCC[C@@H]12)N1CCN(c2nccs2)CC1. The molecule has 0 spiro atoms. The molecule has 0 aliphatic carbocycles. The molecule has 23 heavy (non-hydrogen) atoms. The molecular formula is C16H25N5OS. The first-order valence-electron chi connectivity index (χ1n) is 8.75. The van der Waals surface area contributed by atoms with E-state index < -0.39 is 0 Å². The van der Waals surface area contributed by atoms with E-state index >= 15 is 0 Å². The Morgan fingerprint density at radius 3 is 2.78 bits per heavy atom. The van der Waals surface area contributed by atoms with Crippen molar-refractivity contribution in [2.45, 2.75) is 37.8 Å². The van der Waals surface area contributed by atoms with Crippen LogP contribution in [0.15, 0.2) is 11.6 Å². The second-order valence-corrected chi connectivity index (χ2v) is 7.61. The molecule has 1 aromatic heterocycles. The van der Waals surface area contributed by atoms with Gasteiger partial charge in [-0.15, -0.1) is 11.3 Å². The Balaban J connectivity index is 1.29. The van der Waals surface area contributed by atoms with E-state index in [1.54, 1.807) is 11.3 Å². The average Bonchev–Trinajstić information content (AvgIpc) is 3.25. The highest BCUT2D eigenvalue weighted by atomic mass is 32.1. The molecule has 0 unspecified atom stereocenters. The molecule has 6 nitrogen and oxygen atoms in total. The smallest absolute Gasteiger partial charge is 0.317 e. The lowest BCUT2D eigenvalue weighted by Crippen LogP contribution is -2.55. The van der Waals surface area contributed by atoms with Crippen LogP contribution < -0.4 is 10.2 Å². The number of nitrogens with one attached hydrogen (secondary N) is 1. The molecule has 3 aliphatic heterocycles. The van der Waals surface area contributed by atoms with Crippen molar-refractivity contribution in [3.8, 4) is 0 Å². The molecule has 2 amide bonds. The number of fused-ring (bicyclic) bond motifs is 1. The van der Waals surface area contributed by atoms with Gasteiger partial charge in [-0.3, -0.25) is 4.90 Å². The molecule has 4 rings (SSSR count). The fraction of sp³-hybridized carbons (Fsp3) is 0.750. The van der Waals surface area contributed by atoms with Gasteiger partial charge in [-0.05, 0) is 25.8 Å². The molecule has 1 N–H and O–H groups in total. The largest absolute Gasteiger partial charge is 0.345 e. The molecule has 7 heteroatoms. The first kappa shape index (κ1) is 15.2. The van der Waals surface area contributed by atoms with E-state index in [4.69, 9.17) is 0 Å². The van der Waals surface area contributed by atoms with Gasteiger partial charge in [-0.25, -0.2) is 9.78 Å². The number of carbonyl (C=O) groups is 1. The van der Waals surface area contributed by atoms with E-state index in [1.807, 2.05) is 16.5 Å². The van der Waals surface area contributed by atoms with Crippen molar-refractivity contribution in [2.75, 3.05) is 44.2 Å². The second-order valence-electron chi connectivity index (χ2n) is 6.73. The zero-order valence-corrected chi connectivity index (χ0v) is 14.3. The van der Waals surface area contributed by atoms with E-state index in [1.165, 1.54) is 25.8 Å². The minimum Gasteiger partial charge on any atom is -0.345 e. The Kier molecular flexibility index (Phi) is 4.39. The Labute approximate surface area is 141 Å². The third kappa shape index (κ3) is 3.17. The number of hydrogen-bond acceptors (Lipinski definition) is 5. The lowest BCUT2D eigenvalue weighted by atomic mass is 9.99. The predicted molar refractivity (Wildman–Crippen MR) is 92.0 cm³/mol. The van der Waals surface area contributed by atoms with Crippen molar-refractivity contribution in [2.24, 2.45) is 0 Å². The predicted octanol–water partition coefficient (Wildman–Crippen LogP) is 1.60. The summed E-state index contributed by atoms with van der Waals surface area (Å²) in [5.74, 6) is 0. The standard InChI is InChI=1S/C16H25N5OS/c22-15(18-13-4-7-19-6-2-1-3-14(13)19)20-8-10-21(11-9-20)16-17-5-12-23-16/h5,12-14H,1-4,6-11H2,(H,18,22)/t13-,14+/m1/s1. The van der Waals surface area contributed by atoms with Crippen molar-refractivity contribution < 1.29 is 4.79 Å². The van der Waals surface area contributed by atoms with Crippen LogP contribution >= 0.6 is 11.3 Å². The lowest BCUT2D eigenvalue weighted by Gasteiger charge is -2.36. The van der Waals surface area contributed by atoms with Gasteiger partial charge in [-0.2, -0.15) is 0 Å². The topological polar surface area (TPSA) is 51.7 Å². The summed E-state index contributed by atoms with van der Waals surface area (Å²) in [4.78, 5) is 23.7. The van der Waals surface area contributed by atoms with Crippen LogP contribution in [0.25, 0.3) is 0 Å². The van der Waals surface area contributed by atoms with Gasteiger partial charge < -0.3 is 15.1 Å². The Morgan fingerprint density at radius 1 is 1.13 bits per heavy atom. The summed E-state index contributed by atoms with van der Waals surface area (Å²) in [6.45, 7) is 5.68. The van der Waals surface area contributed by atoms with Crippen LogP contribution in [0, 0.1) is 0 Å². The molecule has 126 valence electrons. The maximum absolute atomic E-state index is 12.6. The van der Waals surface area contributed by atoms with Gasteiger partial charge in [0.25, 0.3) is 0 Å². The number of thiazole rings is 1. The number of urea groups is 1. The minimum atomic E-state index is 0.126. The van der Waals surface area contributed by atoms with E-state index in [9.17, 15) is 4.79 Å². The maximum atomic E-state index is 12.6. The summed E-state index contributed by atoms with van der Waals surface area (Å²) >= 11 is 1.67. The molecule has 3 saturated heterocycles. The summed E-state index contributed by atoms with van der Waals surface area (Å²) in [7, 11) is 0. The quantitative estimate of drug-likeness (QED) is 0.892. The summed E-state index contributed by atoms with van der Waals surface area (Å²) in [5, 5.41) is 6.38. The van der Waals surface area contributed by atoms with E-state index in [2.05, 4.69) is 20.1 Å². The first-order chi connectivity index (χ1) is 11.3. The van der Waals surface area contributed by atoms with Gasteiger partial charge in [0, 0.05) is 56.4 Å². The molecule has 0 saturated carbocycles. The number of nitrogens with zero attached hydrogens (tertiary/aromatic N) is 4. The molecule has 0 bridgehead atoms. The van der Waals surface area contributed by atoms with Crippen LogP contribution in [0.5, 0.6) is 0 Å².